The van der Waals surface area contributed by atoms with Gasteiger partial charge in [-0.2, -0.15) is 0 Å². The van der Waals surface area contributed by atoms with E-state index in [2.05, 4.69) is 9.97 Å². The fourth-order valence-corrected chi connectivity index (χ4v) is 1.01. The molecule has 0 N–H and O–H groups in total. The summed E-state index contributed by atoms with van der Waals surface area (Å²) in [5, 5.41) is 0. The zero-order chi connectivity index (χ0) is 9.10. The molecule has 0 atom stereocenters. The van der Waals surface area contributed by atoms with Crippen LogP contribution in [0.15, 0.2) is 37.1 Å². The smallest absolute Gasteiger partial charge is 0.151 e. The standard InChI is InChI=1S/C9H7N3O/c13-6-8-1-2-9(11-5-8)12-4-3-10-7-12/h1-7H. The van der Waals surface area contributed by atoms with Gasteiger partial charge < -0.3 is 0 Å². The second kappa shape index (κ2) is 3.18. The van der Waals surface area contributed by atoms with Crippen LogP contribution >= 0.6 is 0 Å². The van der Waals surface area contributed by atoms with Crippen LogP contribution in [0.1, 0.15) is 10.4 Å². The number of imidazole rings is 1. The highest BCUT2D eigenvalue weighted by Gasteiger charge is 1.95. The van der Waals surface area contributed by atoms with Gasteiger partial charge in [-0.1, -0.05) is 0 Å². The molecule has 0 unspecified atom stereocenters. The Labute approximate surface area is 74.9 Å². The van der Waals surface area contributed by atoms with Crippen LogP contribution in [-0.4, -0.2) is 20.8 Å². The summed E-state index contributed by atoms with van der Waals surface area (Å²) in [6.07, 6.45) is 7.42. The molecule has 64 valence electrons. The summed E-state index contributed by atoms with van der Waals surface area (Å²) >= 11 is 0. The zero-order valence-electron chi connectivity index (χ0n) is 6.79. The number of hydrogen-bond donors (Lipinski definition) is 0. The highest BCUT2D eigenvalue weighted by atomic mass is 16.1. The number of aldehydes is 1. The van der Waals surface area contributed by atoms with Gasteiger partial charge in [0.1, 0.15) is 12.1 Å². The Kier molecular flexibility index (Phi) is 1.88. The lowest BCUT2D eigenvalue weighted by molar-refractivity contribution is 0.112. The van der Waals surface area contributed by atoms with E-state index in [4.69, 9.17) is 0 Å². The zero-order valence-corrected chi connectivity index (χ0v) is 6.79. The summed E-state index contributed by atoms with van der Waals surface area (Å²) in [6.45, 7) is 0. The Hall–Kier alpha value is -1.97. The van der Waals surface area contributed by atoms with Gasteiger partial charge in [-0.15, -0.1) is 0 Å². The number of rotatable bonds is 2. The van der Waals surface area contributed by atoms with Gasteiger partial charge in [0, 0.05) is 24.2 Å². The highest BCUT2D eigenvalue weighted by molar-refractivity contribution is 5.74. The maximum Gasteiger partial charge on any atom is 0.151 e. The maximum absolute atomic E-state index is 10.3. The van der Waals surface area contributed by atoms with Crippen LogP contribution in [0.2, 0.25) is 0 Å². The van der Waals surface area contributed by atoms with Crippen LogP contribution in [-0.2, 0) is 0 Å². The monoisotopic (exact) mass is 173 g/mol. The molecule has 2 heterocycles. The lowest BCUT2D eigenvalue weighted by atomic mass is 10.3. The van der Waals surface area contributed by atoms with Gasteiger partial charge in [-0.25, -0.2) is 9.97 Å². The molecule has 0 amide bonds. The van der Waals surface area contributed by atoms with E-state index in [1.54, 1.807) is 35.4 Å². The van der Waals surface area contributed by atoms with E-state index in [1.165, 1.54) is 6.20 Å². The van der Waals surface area contributed by atoms with Crippen LogP contribution < -0.4 is 0 Å². The fourth-order valence-electron chi connectivity index (χ4n) is 1.01. The summed E-state index contributed by atoms with van der Waals surface area (Å²) in [4.78, 5) is 18.3. The summed E-state index contributed by atoms with van der Waals surface area (Å²) in [7, 11) is 0. The van der Waals surface area contributed by atoms with Crippen LogP contribution in [0.5, 0.6) is 0 Å². The highest BCUT2D eigenvalue weighted by Crippen LogP contribution is 2.03. The Morgan fingerprint density at radius 3 is 2.85 bits per heavy atom. The molecule has 0 saturated carbocycles. The minimum atomic E-state index is 0.573. The topological polar surface area (TPSA) is 47.8 Å². The second-order valence-corrected chi connectivity index (χ2v) is 2.54. The van der Waals surface area contributed by atoms with Crippen molar-refractivity contribution in [3.8, 4) is 5.82 Å². The van der Waals surface area contributed by atoms with Gasteiger partial charge in [0.05, 0.1) is 0 Å². The molecule has 0 saturated heterocycles. The van der Waals surface area contributed by atoms with Crippen molar-refractivity contribution in [3.05, 3.63) is 42.6 Å². The molecule has 0 aromatic carbocycles. The maximum atomic E-state index is 10.3. The number of pyridine rings is 1. The van der Waals surface area contributed by atoms with E-state index < -0.39 is 0 Å². The summed E-state index contributed by atoms with van der Waals surface area (Å²) in [5.74, 6) is 0.753. The largest absolute Gasteiger partial charge is 0.298 e. The molecule has 4 heteroatoms. The molecule has 0 aliphatic carbocycles. The predicted molar refractivity (Wildman–Crippen MR) is 46.7 cm³/mol. The molecule has 0 aliphatic rings. The number of hydrogen-bond acceptors (Lipinski definition) is 3. The van der Waals surface area contributed by atoms with Crippen molar-refractivity contribution in [1.29, 1.82) is 0 Å². The summed E-state index contributed by atoms with van der Waals surface area (Å²) < 4.78 is 1.77. The third kappa shape index (κ3) is 1.46. The normalized spacial score (nSPS) is 9.85. The Balaban J connectivity index is 2.38. The minimum absolute atomic E-state index is 0.573. The van der Waals surface area contributed by atoms with Crippen molar-refractivity contribution in [2.45, 2.75) is 0 Å². The molecular formula is C9H7N3O. The van der Waals surface area contributed by atoms with Gasteiger partial charge in [0.25, 0.3) is 0 Å². The van der Waals surface area contributed by atoms with E-state index in [-0.39, 0.29) is 0 Å². The van der Waals surface area contributed by atoms with Gasteiger partial charge >= 0.3 is 0 Å². The van der Waals surface area contributed by atoms with E-state index in [1.807, 2.05) is 0 Å². The molecule has 0 radical (unpaired) electrons. The van der Waals surface area contributed by atoms with Crippen LogP contribution in [0.3, 0.4) is 0 Å². The molecule has 0 bridgehead atoms. The molecule has 0 fully saturated rings. The quantitative estimate of drug-likeness (QED) is 0.638. The van der Waals surface area contributed by atoms with Gasteiger partial charge in [0.15, 0.2) is 6.29 Å². The second-order valence-electron chi connectivity index (χ2n) is 2.54. The lowest BCUT2D eigenvalue weighted by Crippen LogP contribution is -1.94. The molecule has 2 aromatic heterocycles. The first-order valence-corrected chi connectivity index (χ1v) is 3.80. The van der Waals surface area contributed by atoms with Gasteiger partial charge in [-0.05, 0) is 12.1 Å². The Morgan fingerprint density at radius 1 is 1.38 bits per heavy atom. The first kappa shape index (κ1) is 7.67. The number of carbonyl (C=O) groups excluding carboxylic acids is 1. The minimum Gasteiger partial charge on any atom is -0.298 e. The van der Waals surface area contributed by atoms with Gasteiger partial charge in [0.2, 0.25) is 0 Å². The number of nitrogens with zero attached hydrogens (tertiary/aromatic N) is 3. The van der Waals surface area contributed by atoms with Crippen molar-refractivity contribution in [2.24, 2.45) is 0 Å². The van der Waals surface area contributed by atoms with Gasteiger partial charge in [-0.3, -0.25) is 9.36 Å². The van der Waals surface area contributed by atoms with E-state index in [0.717, 1.165) is 12.1 Å². The summed E-state index contributed by atoms with van der Waals surface area (Å²) in [5.41, 5.74) is 0.573. The molecule has 13 heavy (non-hydrogen) atoms. The van der Waals surface area contributed by atoms with E-state index in [0.29, 0.717) is 5.56 Å². The molecule has 2 aromatic rings. The molecule has 4 nitrogen and oxygen atoms in total. The SMILES string of the molecule is O=Cc1ccc(-n2ccnc2)nc1. The van der Waals surface area contributed by atoms with Crippen molar-refractivity contribution in [1.82, 2.24) is 14.5 Å². The van der Waals surface area contributed by atoms with E-state index >= 15 is 0 Å². The average Bonchev–Trinajstić information content (AvgIpc) is 2.71. The van der Waals surface area contributed by atoms with Crippen LogP contribution in [0.25, 0.3) is 5.82 Å². The van der Waals surface area contributed by atoms with Crippen molar-refractivity contribution in [2.75, 3.05) is 0 Å². The van der Waals surface area contributed by atoms with E-state index in [9.17, 15) is 4.79 Å². The number of carbonyl (C=O) groups is 1. The number of aromatic nitrogens is 3. The first-order valence-electron chi connectivity index (χ1n) is 3.80. The van der Waals surface area contributed by atoms with Crippen molar-refractivity contribution < 1.29 is 4.79 Å². The van der Waals surface area contributed by atoms with Crippen molar-refractivity contribution >= 4 is 6.29 Å². The fraction of sp³-hybridized carbons (Fsp3) is 0. The average molecular weight is 173 g/mol. The van der Waals surface area contributed by atoms with Crippen molar-refractivity contribution in [3.63, 3.8) is 0 Å². The molecule has 0 spiro atoms. The first-order chi connectivity index (χ1) is 6.40. The van der Waals surface area contributed by atoms with Crippen LogP contribution in [0.4, 0.5) is 0 Å². The predicted octanol–water partition coefficient (Wildman–Crippen LogP) is 1.08. The van der Waals surface area contributed by atoms with Crippen LogP contribution in [0, 0.1) is 0 Å². The summed E-state index contributed by atoms with van der Waals surface area (Å²) in [6, 6.07) is 3.49. The Bertz CT molecular complexity index is 391. The molecular weight excluding hydrogens is 166 g/mol. The third-order valence-electron chi connectivity index (χ3n) is 1.68. The molecule has 0 aliphatic heterocycles. The lowest BCUT2D eigenvalue weighted by Gasteiger charge is -1.99. The molecule has 2 rings (SSSR count). The Morgan fingerprint density at radius 2 is 2.31 bits per heavy atom. The third-order valence-corrected chi connectivity index (χ3v) is 1.68.